The summed E-state index contributed by atoms with van der Waals surface area (Å²) in [6.45, 7) is 2.48. The zero-order valence-corrected chi connectivity index (χ0v) is 14.2. The molecule has 0 aliphatic carbocycles. The average molecular weight is 336 g/mol. The highest BCUT2D eigenvalue weighted by Crippen LogP contribution is 2.28. The fourth-order valence-corrected chi connectivity index (χ4v) is 2.36. The minimum atomic E-state index is 0.497. The molecule has 0 saturated heterocycles. The van der Waals surface area contributed by atoms with Crippen molar-refractivity contribution in [2.45, 2.75) is 13.1 Å². The quantitative estimate of drug-likeness (QED) is 0.710. The molecular formula is C18H22ClNO3. The summed E-state index contributed by atoms with van der Waals surface area (Å²) in [5.74, 6) is 1.44. The van der Waals surface area contributed by atoms with Crippen molar-refractivity contribution in [1.82, 2.24) is 5.32 Å². The van der Waals surface area contributed by atoms with Crippen LogP contribution in [-0.4, -0.2) is 27.4 Å². The highest BCUT2D eigenvalue weighted by Gasteiger charge is 2.06. The monoisotopic (exact) mass is 335 g/mol. The maximum absolute atomic E-state index is 6.15. The number of hydrogen-bond donors (Lipinski definition) is 1. The summed E-state index contributed by atoms with van der Waals surface area (Å²) in [6.07, 6.45) is 0. The topological polar surface area (TPSA) is 39.7 Å². The Morgan fingerprint density at radius 3 is 2.52 bits per heavy atom. The van der Waals surface area contributed by atoms with Crippen molar-refractivity contribution < 1.29 is 14.2 Å². The first-order valence-corrected chi connectivity index (χ1v) is 7.85. The Balaban J connectivity index is 1.91. The Bertz CT molecular complexity index is 619. The molecule has 0 bridgehead atoms. The van der Waals surface area contributed by atoms with Gasteiger partial charge in [0.15, 0.2) is 11.5 Å². The Kier molecular flexibility index (Phi) is 7.20. The van der Waals surface area contributed by atoms with Gasteiger partial charge in [0.1, 0.15) is 6.61 Å². The first-order valence-electron chi connectivity index (χ1n) is 7.47. The smallest absolute Gasteiger partial charge is 0.161 e. The first-order chi connectivity index (χ1) is 11.2. The van der Waals surface area contributed by atoms with Gasteiger partial charge in [-0.2, -0.15) is 0 Å². The molecule has 0 aliphatic rings. The molecule has 0 spiro atoms. The van der Waals surface area contributed by atoms with Crippen molar-refractivity contribution in [3.63, 3.8) is 0 Å². The van der Waals surface area contributed by atoms with Crippen molar-refractivity contribution >= 4 is 11.6 Å². The van der Waals surface area contributed by atoms with Crippen LogP contribution < -0.4 is 14.8 Å². The molecule has 0 radical (unpaired) electrons. The van der Waals surface area contributed by atoms with Gasteiger partial charge in [-0.25, -0.2) is 0 Å². The van der Waals surface area contributed by atoms with Crippen LogP contribution in [0.1, 0.15) is 11.1 Å². The normalized spacial score (nSPS) is 10.6. The molecule has 124 valence electrons. The van der Waals surface area contributed by atoms with Gasteiger partial charge in [-0.1, -0.05) is 35.9 Å². The molecule has 0 atom stereocenters. The van der Waals surface area contributed by atoms with Crippen LogP contribution >= 0.6 is 11.6 Å². The van der Waals surface area contributed by atoms with E-state index in [0.717, 1.165) is 34.2 Å². The van der Waals surface area contributed by atoms with Crippen LogP contribution in [0.15, 0.2) is 42.5 Å². The number of benzene rings is 2. The predicted molar refractivity (Wildman–Crippen MR) is 92.4 cm³/mol. The van der Waals surface area contributed by atoms with E-state index in [1.165, 1.54) is 0 Å². The molecule has 5 heteroatoms. The van der Waals surface area contributed by atoms with E-state index in [4.69, 9.17) is 25.8 Å². The van der Waals surface area contributed by atoms with Crippen molar-refractivity contribution in [2.75, 3.05) is 27.4 Å². The van der Waals surface area contributed by atoms with Gasteiger partial charge in [0.2, 0.25) is 0 Å². The first kappa shape index (κ1) is 17.6. The summed E-state index contributed by atoms with van der Waals surface area (Å²) in [4.78, 5) is 0. The SMILES string of the molecule is COCCOc1ccc(CNCc2ccccc2Cl)cc1OC. The van der Waals surface area contributed by atoms with Gasteiger partial charge in [-0.3, -0.25) is 0 Å². The van der Waals surface area contributed by atoms with E-state index in [-0.39, 0.29) is 0 Å². The van der Waals surface area contributed by atoms with E-state index in [0.29, 0.717) is 19.8 Å². The fourth-order valence-electron chi connectivity index (χ4n) is 2.16. The third-order valence-corrected chi connectivity index (χ3v) is 3.74. The number of hydrogen-bond acceptors (Lipinski definition) is 4. The van der Waals surface area contributed by atoms with Crippen LogP contribution in [0.5, 0.6) is 11.5 Å². The lowest BCUT2D eigenvalue weighted by Gasteiger charge is -2.12. The van der Waals surface area contributed by atoms with Crippen molar-refractivity contribution in [3.05, 3.63) is 58.6 Å². The Labute approximate surface area is 142 Å². The maximum Gasteiger partial charge on any atom is 0.161 e. The van der Waals surface area contributed by atoms with Gasteiger partial charge in [0, 0.05) is 25.2 Å². The highest BCUT2D eigenvalue weighted by molar-refractivity contribution is 6.31. The summed E-state index contributed by atoms with van der Waals surface area (Å²) >= 11 is 6.15. The summed E-state index contributed by atoms with van der Waals surface area (Å²) < 4.78 is 16.0. The largest absolute Gasteiger partial charge is 0.493 e. The van der Waals surface area contributed by atoms with Gasteiger partial charge >= 0.3 is 0 Å². The highest BCUT2D eigenvalue weighted by atomic mass is 35.5. The van der Waals surface area contributed by atoms with Gasteiger partial charge < -0.3 is 19.5 Å². The molecule has 0 saturated carbocycles. The van der Waals surface area contributed by atoms with Crippen LogP contribution in [0.3, 0.4) is 0 Å². The molecule has 1 N–H and O–H groups in total. The summed E-state index contributed by atoms with van der Waals surface area (Å²) in [7, 11) is 3.29. The second kappa shape index (κ2) is 9.40. The fraction of sp³-hybridized carbons (Fsp3) is 0.333. The van der Waals surface area contributed by atoms with E-state index >= 15 is 0 Å². The minimum Gasteiger partial charge on any atom is -0.493 e. The molecule has 0 amide bonds. The van der Waals surface area contributed by atoms with E-state index < -0.39 is 0 Å². The van der Waals surface area contributed by atoms with Crippen LogP contribution in [0.4, 0.5) is 0 Å². The summed E-state index contributed by atoms with van der Waals surface area (Å²) in [5.41, 5.74) is 2.20. The van der Waals surface area contributed by atoms with E-state index in [1.807, 2.05) is 42.5 Å². The van der Waals surface area contributed by atoms with Crippen LogP contribution in [0.25, 0.3) is 0 Å². The van der Waals surface area contributed by atoms with Gasteiger partial charge in [0.05, 0.1) is 13.7 Å². The molecule has 23 heavy (non-hydrogen) atoms. The molecule has 0 aromatic heterocycles. The molecule has 2 rings (SSSR count). The minimum absolute atomic E-state index is 0.497. The molecule has 0 aliphatic heterocycles. The van der Waals surface area contributed by atoms with Gasteiger partial charge in [-0.05, 0) is 29.3 Å². The summed E-state index contributed by atoms with van der Waals surface area (Å²) in [6, 6.07) is 13.7. The third kappa shape index (κ3) is 5.43. The number of ether oxygens (including phenoxy) is 3. The zero-order valence-electron chi connectivity index (χ0n) is 13.5. The number of halogens is 1. The molecule has 0 heterocycles. The maximum atomic E-state index is 6.15. The van der Waals surface area contributed by atoms with Crippen molar-refractivity contribution in [2.24, 2.45) is 0 Å². The Morgan fingerprint density at radius 1 is 0.957 bits per heavy atom. The lowest BCUT2D eigenvalue weighted by molar-refractivity contribution is 0.144. The lowest BCUT2D eigenvalue weighted by Crippen LogP contribution is -2.13. The molecular weight excluding hydrogens is 314 g/mol. The van der Waals surface area contributed by atoms with E-state index in [9.17, 15) is 0 Å². The van der Waals surface area contributed by atoms with E-state index in [2.05, 4.69) is 5.32 Å². The third-order valence-electron chi connectivity index (χ3n) is 3.38. The Hall–Kier alpha value is -1.75. The van der Waals surface area contributed by atoms with Gasteiger partial charge in [-0.15, -0.1) is 0 Å². The number of nitrogens with one attached hydrogen (secondary N) is 1. The standard InChI is InChI=1S/C18H22ClNO3/c1-21-9-10-23-17-8-7-14(11-18(17)22-2)12-20-13-15-5-3-4-6-16(15)19/h3-8,11,20H,9-10,12-13H2,1-2H3. The zero-order chi connectivity index (χ0) is 16.5. The molecule has 2 aromatic rings. The number of methoxy groups -OCH3 is 2. The van der Waals surface area contributed by atoms with Gasteiger partial charge in [0.25, 0.3) is 0 Å². The molecule has 0 fully saturated rings. The second-order valence-electron chi connectivity index (χ2n) is 5.02. The van der Waals surface area contributed by atoms with E-state index in [1.54, 1.807) is 14.2 Å². The van der Waals surface area contributed by atoms with Crippen LogP contribution in [0.2, 0.25) is 5.02 Å². The second-order valence-corrected chi connectivity index (χ2v) is 5.43. The van der Waals surface area contributed by atoms with Crippen LogP contribution in [0, 0.1) is 0 Å². The lowest BCUT2D eigenvalue weighted by atomic mass is 10.2. The van der Waals surface area contributed by atoms with Crippen molar-refractivity contribution in [3.8, 4) is 11.5 Å². The molecule has 2 aromatic carbocycles. The predicted octanol–water partition coefficient (Wildman–Crippen LogP) is 3.66. The molecule has 4 nitrogen and oxygen atoms in total. The van der Waals surface area contributed by atoms with Crippen molar-refractivity contribution in [1.29, 1.82) is 0 Å². The summed E-state index contributed by atoms with van der Waals surface area (Å²) in [5, 5.41) is 4.16. The number of rotatable bonds is 9. The van der Waals surface area contributed by atoms with Crippen LogP contribution in [-0.2, 0) is 17.8 Å². The molecule has 0 unspecified atom stereocenters. The average Bonchev–Trinajstić information content (AvgIpc) is 2.57. The Morgan fingerprint density at radius 2 is 1.78 bits per heavy atom.